The lowest BCUT2D eigenvalue weighted by molar-refractivity contribution is -0.124. The summed E-state index contributed by atoms with van der Waals surface area (Å²) in [7, 11) is -2.21. The number of fused-ring (bicyclic) bond motifs is 3. The number of carbonyl (C=O) groups is 2. The molecule has 1 heterocycles. The third-order valence-electron chi connectivity index (χ3n) is 6.76. The zero-order chi connectivity index (χ0) is 25.4. The van der Waals surface area contributed by atoms with Gasteiger partial charge < -0.3 is 5.32 Å². The zero-order valence-corrected chi connectivity index (χ0v) is 21.4. The topological polar surface area (TPSA) is 86.8 Å². The first-order chi connectivity index (χ1) is 17.2. The predicted molar refractivity (Wildman–Crippen MR) is 142 cm³/mol. The number of hydrogen-bond donors (Lipinski definition) is 1. The Kier molecular flexibility index (Phi) is 6.49. The Morgan fingerprint density at radius 3 is 2.44 bits per heavy atom. The van der Waals surface area contributed by atoms with Gasteiger partial charge in [-0.2, -0.15) is 0 Å². The van der Waals surface area contributed by atoms with Crippen LogP contribution >= 0.6 is 11.6 Å². The Labute approximate surface area is 215 Å². The number of amides is 2. The summed E-state index contributed by atoms with van der Waals surface area (Å²) in [6, 6.07) is 17.5. The number of benzene rings is 3. The van der Waals surface area contributed by atoms with Gasteiger partial charge in [0.1, 0.15) is 6.42 Å². The van der Waals surface area contributed by atoms with Gasteiger partial charge in [-0.15, -0.1) is 0 Å². The second kappa shape index (κ2) is 9.59. The Morgan fingerprint density at radius 1 is 0.972 bits per heavy atom. The van der Waals surface area contributed by atoms with Crippen molar-refractivity contribution in [2.24, 2.45) is 0 Å². The predicted octanol–water partition coefficient (Wildman–Crippen LogP) is 5.19. The van der Waals surface area contributed by atoms with E-state index in [0.717, 1.165) is 31.2 Å². The van der Waals surface area contributed by atoms with Crippen LogP contribution in [0.3, 0.4) is 0 Å². The average Bonchev–Trinajstić information content (AvgIpc) is 2.99. The van der Waals surface area contributed by atoms with Gasteiger partial charge in [-0.05, 0) is 78.8 Å². The fourth-order valence-corrected chi connectivity index (χ4v) is 6.40. The van der Waals surface area contributed by atoms with Crippen LogP contribution < -0.4 is 14.5 Å². The Morgan fingerprint density at radius 2 is 1.69 bits per heavy atom. The lowest BCUT2D eigenvalue weighted by Gasteiger charge is -2.27. The minimum absolute atomic E-state index is 0.234. The molecule has 7 nitrogen and oxygen atoms in total. The van der Waals surface area contributed by atoms with E-state index in [0.29, 0.717) is 33.3 Å². The van der Waals surface area contributed by atoms with E-state index in [-0.39, 0.29) is 24.0 Å². The molecule has 0 fully saturated rings. The quantitative estimate of drug-likeness (QED) is 0.466. The minimum Gasteiger partial charge on any atom is -0.324 e. The third kappa shape index (κ3) is 4.58. The van der Waals surface area contributed by atoms with E-state index < -0.39 is 10.0 Å². The second-order valence-corrected chi connectivity index (χ2v) is 11.5. The van der Waals surface area contributed by atoms with Gasteiger partial charge in [0.25, 0.3) is 0 Å². The normalized spacial score (nSPS) is 15.6. The van der Waals surface area contributed by atoms with Crippen LogP contribution in [0.4, 0.5) is 22.7 Å². The van der Waals surface area contributed by atoms with Crippen molar-refractivity contribution >= 4 is 56.2 Å². The monoisotopic (exact) mass is 523 g/mol. The van der Waals surface area contributed by atoms with Crippen molar-refractivity contribution in [2.45, 2.75) is 37.9 Å². The smallest absolute Gasteiger partial charge is 0.241 e. The van der Waals surface area contributed by atoms with E-state index >= 15 is 0 Å². The molecule has 0 saturated carbocycles. The molecule has 2 aliphatic rings. The van der Waals surface area contributed by atoms with Crippen molar-refractivity contribution in [3.05, 3.63) is 82.4 Å². The molecule has 0 unspecified atom stereocenters. The van der Waals surface area contributed by atoms with Gasteiger partial charge in [-0.3, -0.25) is 18.8 Å². The second-order valence-electron chi connectivity index (χ2n) is 9.09. The van der Waals surface area contributed by atoms with Gasteiger partial charge >= 0.3 is 0 Å². The maximum Gasteiger partial charge on any atom is 0.241 e. The van der Waals surface area contributed by atoms with Gasteiger partial charge in [-0.25, -0.2) is 8.42 Å². The van der Waals surface area contributed by atoms with Crippen molar-refractivity contribution in [1.29, 1.82) is 0 Å². The molecule has 0 bridgehead atoms. The van der Waals surface area contributed by atoms with E-state index in [9.17, 15) is 18.0 Å². The SMILES string of the molecule is CN(c1ccc(N2C(=O)CC(=O)Nc3c2ccc2c3CCCC2)cc1)S(=O)(=O)Cc1ccccc1Cl. The summed E-state index contributed by atoms with van der Waals surface area (Å²) in [6.45, 7) is 0. The standard InChI is InChI=1S/C27H26ClN3O4S/c1-30(36(34,35)17-19-7-3-5-9-23(19)28)20-11-13-21(14-12-20)31-24-15-10-18-6-2-4-8-22(18)27(24)29-25(32)16-26(31)33/h3,5,7,9-15H,2,4,6,8,16-17H2,1H3,(H,29,32). The van der Waals surface area contributed by atoms with E-state index in [1.807, 2.05) is 12.1 Å². The van der Waals surface area contributed by atoms with Crippen LogP contribution in [0.25, 0.3) is 0 Å². The lowest BCUT2D eigenvalue weighted by atomic mass is 9.89. The van der Waals surface area contributed by atoms with Crippen LogP contribution in [0, 0.1) is 0 Å². The van der Waals surface area contributed by atoms with Crippen LogP contribution in [-0.2, 0) is 38.2 Å². The van der Waals surface area contributed by atoms with E-state index in [4.69, 9.17) is 11.6 Å². The summed E-state index contributed by atoms with van der Waals surface area (Å²) in [5.74, 6) is -0.902. The highest BCUT2D eigenvalue weighted by Gasteiger charge is 2.31. The molecule has 0 radical (unpaired) electrons. The molecule has 36 heavy (non-hydrogen) atoms. The maximum atomic E-state index is 13.1. The molecule has 3 aromatic carbocycles. The summed E-state index contributed by atoms with van der Waals surface area (Å²) in [4.78, 5) is 27.2. The Balaban J connectivity index is 1.47. The fraction of sp³-hybridized carbons (Fsp3) is 0.259. The molecule has 0 atom stereocenters. The Bertz CT molecular complexity index is 1450. The molecule has 3 aromatic rings. The van der Waals surface area contributed by atoms with Gasteiger partial charge in [-0.1, -0.05) is 35.9 Å². The van der Waals surface area contributed by atoms with E-state index in [2.05, 4.69) is 5.32 Å². The number of halogens is 1. The molecule has 0 saturated heterocycles. The molecule has 1 aliphatic heterocycles. The summed E-state index contributed by atoms with van der Waals surface area (Å²) in [5, 5.41) is 3.35. The van der Waals surface area contributed by atoms with Gasteiger partial charge in [0.2, 0.25) is 21.8 Å². The number of nitrogens with zero attached hydrogens (tertiary/aromatic N) is 2. The van der Waals surface area contributed by atoms with Gasteiger partial charge in [0.15, 0.2) is 0 Å². The van der Waals surface area contributed by atoms with Gasteiger partial charge in [0.05, 0.1) is 22.8 Å². The van der Waals surface area contributed by atoms with Crippen molar-refractivity contribution in [2.75, 3.05) is 21.6 Å². The first kappa shape index (κ1) is 24.3. The highest BCUT2D eigenvalue weighted by atomic mass is 35.5. The minimum atomic E-state index is -3.70. The fourth-order valence-electron chi connectivity index (χ4n) is 4.84. The van der Waals surface area contributed by atoms with Crippen LogP contribution in [0.5, 0.6) is 0 Å². The van der Waals surface area contributed by atoms with Crippen molar-refractivity contribution in [3.8, 4) is 0 Å². The summed E-state index contributed by atoms with van der Waals surface area (Å²) >= 11 is 6.16. The highest BCUT2D eigenvalue weighted by molar-refractivity contribution is 7.92. The number of rotatable bonds is 5. The maximum absolute atomic E-state index is 13.1. The molecule has 0 aromatic heterocycles. The van der Waals surface area contributed by atoms with Gasteiger partial charge in [0, 0.05) is 17.8 Å². The highest BCUT2D eigenvalue weighted by Crippen LogP contribution is 2.41. The van der Waals surface area contributed by atoms with Crippen LogP contribution in [0.15, 0.2) is 60.7 Å². The lowest BCUT2D eigenvalue weighted by Crippen LogP contribution is -2.28. The summed E-state index contributed by atoms with van der Waals surface area (Å²) < 4.78 is 27.3. The average molecular weight is 524 g/mol. The van der Waals surface area contributed by atoms with Crippen LogP contribution in [0.1, 0.15) is 36.0 Å². The molecule has 1 N–H and O–H groups in total. The number of sulfonamides is 1. The number of aryl methyl sites for hydroxylation is 1. The molecule has 1 aliphatic carbocycles. The number of anilines is 4. The van der Waals surface area contributed by atoms with Crippen molar-refractivity contribution in [1.82, 2.24) is 0 Å². The summed E-state index contributed by atoms with van der Waals surface area (Å²) in [6.07, 6.45) is 3.69. The summed E-state index contributed by atoms with van der Waals surface area (Å²) in [5.41, 5.74) is 5.17. The molecular formula is C27H26ClN3O4S. The van der Waals surface area contributed by atoms with Crippen LogP contribution in [-0.4, -0.2) is 27.3 Å². The third-order valence-corrected chi connectivity index (χ3v) is 8.85. The van der Waals surface area contributed by atoms with E-state index in [1.165, 1.54) is 16.9 Å². The first-order valence-corrected chi connectivity index (χ1v) is 13.8. The molecule has 0 spiro atoms. The van der Waals surface area contributed by atoms with Crippen molar-refractivity contribution < 1.29 is 18.0 Å². The number of hydrogen-bond acceptors (Lipinski definition) is 4. The molecular weight excluding hydrogens is 498 g/mol. The number of carbonyl (C=O) groups excluding carboxylic acids is 2. The number of nitrogens with one attached hydrogen (secondary N) is 1. The molecule has 186 valence electrons. The van der Waals surface area contributed by atoms with E-state index in [1.54, 1.807) is 53.4 Å². The first-order valence-electron chi connectivity index (χ1n) is 11.8. The Hall–Kier alpha value is -3.36. The molecule has 5 rings (SSSR count). The van der Waals surface area contributed by atoms with Crippen LogP contribution in [0.2, 0.25) is 5.02 Å². The zero-order valence-electron chi connectivity index (χ0n) is 19.8. The van der Waals surface area contributed by atoms with Crippen molar-refractivity contribution in [3.63, 3.8) is 0 Å². The molecule has 9 heteroatoms. The molecule has 2 amide bonds. The largest absolute Gasteiger partial charge is 0.324 e.